The zero-order valence-electron chi connectivity index (χ0n) is 12.1. The second-order valence-electron chi connectivity index (χ2n) is 5.31. The second-order valence-corrected chi connectivity index (χ2v) is 5.31. The Bertz CT molecular complexity index is 171. The van der Waals surface area contributed by atoms with Gasteiger partial charge < -0.3 is 0 Å². The number of hydrogen-bond acceptors (Lipinski definition) is 2. The highest BCUT2D eigenvalue weighted by Crippen LogP contribution is 2.10. The van der Waals surface area contributed by atoms with Crippen LogP contribution in [0.25, 0.3) is 0 Å². The first kappa shape index (κ1) is 15.2. The van der Waals surface area contributed by atoms with E-state index in [1.165, 1.54) is 0 Å². The van der Waals surface area contributed by atoms with E-state index < -0.39 is 0 Å². The fraction of sp³-hybridized carbons (Fsp3) is 1.00. The van der Waals surface area contributed by atoms with Gasteiger partial charge in [-0.25, -0.2) is 0 Å². The molecule has 0 saturated heterocycles. The van der Waals surface area contributed by atoms with Gasteiger partial charge in [-0.3, -0.25) is 10.0 Å². The van der Waals surface area contributed by atoms with Crippen LogP contribution in [-0.4, -0.2) is 34.2 Å². The quantitative estimate of drug-likeness (QED) is 0.514. The van der Waals surface area contributed by atoms with E-state index in [-0.39, 0.29) is 0 Å². The smallest absolute Gasteiger partial charge is 0.0434 e. The monoisotopic (exact) mass is 228 g/mol. The molecule has 4 nitrogen and oxygen atoms in total. The van der Waals surface area contributed by atoms with Crippen molar-refractivity contribution in [2.75, 3.05) is 0 Å². The van der Waals surface area contributed by atoms with Gasteiger partial charge in [-0.2, -0.15) is 0 Å². The van der Waals surface area contributed by atoms with Crippen molar-refractivity contribution in [1.82, 2.24) is 10.0 Å². The van der Waals surface area contributed by atoms with E-state index >= 15 is 0 Å². The molecule has 0 aliphatic heterocycles. The topological polar surface area (TPSA) is 31.2 Å². The third-order valence-electron chi connectivity index (χ3n) is 2.36. The Labute approximate surface area is 101 Å². The van der Waals surface area contributed by atoms with Crippen molar-refractivity contribution in [3.8, 4) is 0 Å². The summed E-state index contributed by atoms with van der Waals surface area (Å²) in [6.07, 6.45) is 0. The summed E-state index contributed by atoms with van der Waals surface area (Å²) >= 11 is 0. The molecule has 0 unspecified atom stereocenters. The van der Waals surface area contributed by atoms with Crippen molar-refractivity contribution >= 4 is 0 Å². The third kappa shape index (κ3) is 4.81. The lowest BCUT2D eigenvalue weighted by molar-refractivity contribution is 0.106. The van der Waals surface area contributed by atoms with Gasteiger partial charge in [0.15, 0.2) is 0 Å². The predicted molar refractivity (Wildman–Crippen MR) is 69.1 cm³/mol. The molecule has 96 valence electrons. The van der Waals surface area contributed by atoms with Crippen molar-refractivity contribution < 1.29 is 0 Å². The summed E-state index contributed by atoms with van der Waals surface area (Å²) in [5.74, 6) is 0. The van der Waals surface area contributed by atoms with Crippen LogP contribution in [0.1, 0.15) is 55.4 Å². The number of nitrogens with zero attached hydrogens (tertiary/aromatic N) is 4. The van der Waals surface area contributed by atoms with Crippen LogP contribution >= 0.6 is 0 Å². The summed E-state index contributed by atoms with van der Waals surface area (Å²) in [5.41, 5.74) is 0. The van der Waals surface area contributed by atoms with E-state index in [1.54, 1.807) is 0 Å². The molecule has 0 aromatic rings. The van der Waals surface area contributed by atoms with E-state index in [4.69, 9.17) is 0 Å². The molecule has 0 radical (unpaired) electrons. The molecule has 0 atom stereocenters. The first-order chi connectivity index (χ1) is 7.27. The predicted octanol–water partition coefficient (Wildman–Crippen LogP) is 3.51. The summed E-state index contributed by atoms with van der Waals surface area (Å²) in [6, 6.07) is 1.52. The maximum Gasteiger partial charge on any atom is 0.0434 e. The molecular formula is C12H28N4. The van der Waals surface area contributed by atoms with Gasteiger partial charge in [-0.1, -0.05) is 10.4 Å². The molecule has 0 amide bonds. The summed E-state index contributed by atoms with van der Waals surface area (Å²) < 4.78 is 0. The van der Waals surface area contributed by atoms with Crippen LogP contribution in [0.5, 0.6) is 0 Å². The van der Waals surface area contributed by atoms with Crippen molar-refractivity contribution in [1.29, 1.82) is 0 Å². The summed E-state index contributed by atoms with van der Waals surface area (Å²) in [7, 11) is 0. The number of rotatable bonds is 6. The summed E-state index contributed by atoms with van der Waals surface area (Å²) in [4.78, 5) is 0. The Hall–Kier alpha value is -0.800. The van der Waals surface area contributed by atoms with Gasteiger partial charge in [0, 0.05) is 24.2 Å². The molecule has 0 heterocycles. The van der Waals surface area contributed by atoms with Gasteiger partial charge >= 0.3 is 0 Å². The second kappa shape index (κ2) is 6.71. The summed E-state index contributed by atoms with van der Waals surface area (Å²) in [5, 5.41) is 12.8. The minimum absolute atomic E-state index is 0.380. The van der Waals surface area contributed by atoms with Crippen LogP contribution in [-0.2, 0) is 0 Å². The zero-order chi connectivity index (χ0) is 12.9. The van der Waals surface area contributed by atoms with Crippen molar-refractivity contribution in [2.45, 2.75) is 79.6 Å². The molecule has 0 aromatic carbocycles. The normalized spacial score (nSPS) is 12.5. The Balaban J connectivity index is 4.63. The molecule has 16 heavy (non-hydrogen) atoms. The van der Waals surface area contributed by atoms with Crippen molar-refractivity contribution in [3.63, 3.8) is 0 Å². The van der Waals surface area contributed by atoms with Crippen LogP contribution in [0.3, 0.4) is 0 Å². The third-order valence-corrected chi connectivity index (χ3v) is 2.36. The van der Waals surface area contributed by atoms with Crippen LogP contribution in [0.15, 0.2) is 10.4 Å². The Morgan fingerprint density at radius 2 is 0.688 bits per heavy atom. The van der Waals surface area contributed by atoms with Gasteiger partial charge in [0.05, 0.1) is 0 Å². The highest BCUT2D eigenvalue weighted by molar-refractivity contribution is 4.63. The van der Waals surface area contributed by atoms with E-state index in [9.17, 15) is 0 Å². The molecule has 0 bridgehead atoms. The van der Waals surface area contributed by atoms with Gasteiger partial charge in [0.1, 0.15) is 0 Å². The maximum absolute atomic E-state index is 4.35. The molecule has 0 aliphatic carbocycles. The first-order valence-corrected chi connectivity index (χ1v) is 6.25. The summed E-state index contributed by atoms with van der Waals surface area (Å²) in [6.45, 7) is 17.1. The molecule has 0 spiro atoms. The average molecular weight is 228 g/mol. The zero-order valence-corrected chi connectivity index (χ0v) is 12.1. The molecule has 0 aromatic heterocycles. The van der Waals surface area contributed by atoms with E-state index in [0.29, 0.717) is 24.2 Å². The molecule has 0 saturated carbocycles. The minimum Gasteiger partial charge on any atom is -0.272 e. The fourth-order valence-corrected chi connectivity index (χ4v) is 1.70. The molecule has 0 fully saturated rings. The van der Waals surface area contributed by atoms with Gasteiger partial charge in [-0.05, 0) is 55.4 Å². The van der Waals surface area contributed by atoms with Crippen molar-refractivity contribution in [3.05, 3.63) is 0 Å². The molecular weight excluding hydrogens is 200 g/mol. The lowest BCUT2D eigenvalue weighted by Gasteiger charge is -2.30. The SMILES string of the molecule is CC(C)N(/N=N\N(C(C)C)C(C)C)C(C)C. The average Bonchev–Trinajstić information content (AvgIpc) is 2.09. The van der Waals surface area contributed by atoms with E-state index in [2.05, 4.69) is 65.8 Å². The van der Waals surface area contributed by atoms with Crippen LogP contribution in [0.4, 0.5) is 0 Å². The number of hydrogen-bond donors (Lipinski definition) is 0. The lowest BCUT2D eigenvalue weighted by atomic mass is 10.3. The maximum atomic E-state index is 4.35. The largest absolute Gasteiger partial charge is 0.272 e. The molecule has 0 N–H and O–H groups in total. The van der Waals surface area contributed by atoms with Crippen LogP contribution in [0.2, 0.25) is 0 Å². The Kier molecular flexibility index (Phi) is 6.38. The first-order valence-electron chi connectivity index (χ1n) is 6.25. The fourth-order valence-electron chi connectivity index (χ4n) is 1.70. The highest BCUT2D eigenvalue weighted by Gasteiger charge is 2.14. The van der Waals surface area contributed by atoms with E-state index in [1.807, 2.05) is 10.0 Å². The van der Waals surface area contributed by atoms with Gasteiger partial charge in [-0.15, -0.1) is 0 Å². The highest BCUT2D eigenvalue weighted by atomic mass is 15.7. The van der Waals surface area contributed by atoms with Crippen LogP contribution < -0.4 is 0 Å². The van der Waals surface area contributed by atoms with Gasteiger partial charge in [0.2, 0.25) is 0 Å². The molecule has 0 rings (SSSR count). The van der Waals surface area contributed by atoms with Crippen LogP contribution in [0, 0.1) is 0 Å². The minimum atomic E-state index is 0.380. The standard InChI is InChI=1S/C12H28N4/c1-9(2)15(10(3)4)13-14-16(11(5)6)12(7)8/h9-12H,1-8H3/b14-13-. The Morgan fingerprint density at radius 3 is 0.812 bits per heavy atom. The molecule has 4 heteroatoms. The van der Waals surface area contributed by atoms with E-state index in [0.717, 1.165) is 0 Å². The van der Waals surface area contributed by atoms with Crippen molar-refractivity contribution in [2.24, 2.45) is 10.4 Å². The van der Waals surface area contributed by atoms with Gasteiger partial charge in [0.25, 0.3) is 0 Å². The Morgan fingerprint density at radius 1 is 0.500 bits per heavy atom. The lowest BCUT2D eigenvalue weighted by Crippen LogP contribution is -2.35. The molecule has 0 aliphatic rings.